The molecule has 40 heteroatoms. The monoisotopic (exact) mass is 1680 g/mol. The summed E-state index contributed by atoms with van der Waals surface area (Å²) in [6, 6.07) is 1.69. The number of benzene rings is 3. The molecule has 656 valence electrons. The van der Waals surface area contributed by atoms with Gasteiger partial charge in [0.1, 0.15) is 78.3 Å². The van der Waals surface area contributed by atoms with E-state index in [2.05, 4.69) is 84.1 Å². The fraction of sp³-hybridized carbons (Fsp3) is 0.525. The second-order valence-electron chi connectivity index (χ2n) is 30.1. The molecular formula is C80H117N21O19. The minimum absolute atomic E-state index is 0.0133. The number of aromatic hydroxyl groups is 1. The number of amides is 13. The smallest absolute Gasteiger partial charge is 0.326 e. The molecule has 0 bridgehead atoms. The van der Waals surface area contributed by atoms with Crippen LogP contribution in [0.5, 0.6) is 5.75 Å². The van der Waals surface area contributed by atoms with Crippen LogP contribution in [-0.2, 0) is 92.8 Å². The lowest BCUT2D eigenvalue weighted by Gasteiger charge is -2.31. The lowest BCUT2D eigenvalue weighted by molar-refractivity contribution is -0.142. The van der Waals surface area contributed by atoms with Gasteiger partial charge in [-0.05, 0) is 104 Å². The number of phenolic OH excluding ortho intramolecular Hbond substituents is 1. The molecule has 27 N–H and O–H groups in total. The minimum Gasteiger partial charge on any atom is -0.508 e. The summed E-state index contributed by atoms with van der Waals surface area (Å²) in [6.07, 6.45) is 5.37. The first-order valence-electron chi connectivity index (χ1n) is 40.1. The van der Waals surface area contributed by atoms with Gasteiger partial charge >= 0.3 is 5.97 Å². The summed E-state index contributed by atoms with van der Waals surface area (Å²) in [7, 11) is 0. The van der Waals surface area contributed by atoms with E-state index in [1.54, 1.807) is 102 Å². The van der Waals surface area contributed by atoms with E-state index in [9.17, 15) is 78.3 Å². The Hall–Kier alpha value is -12.1. The van der Waals surface area contributed by atoms with Crippen LogP contribution in [0.15, 0.2) is 97.6 Å². The molecule has 3 aromatic carbocycles. The highest BCUT2D eigenvalue weighted by Crippen LogP contribution is 2.23. The molecule has 0 radical (unpaired) electrons. The van der Waals surface area contributed by atoms with Gasteiger partial charge in [0.05, 0.1) is 38.7 Å². The van der Waals surface area contributed by atoms with Crippen molar-refractivity contribution in [1.82, 2.24) is 89.0 Å². The Morgan fingerprint density at radius 3 is 1.58 bits per heavy atom. The van der Waals surface area contributed by atoms with Crippen molar-refractivity contribution in [3.8, 4) is 5.75 Å². The molecule has 6 rings (SSSR count). The molecule has 40 nitrogen and oxygen atoms in total. The molecule has 15 atom stereocenters. The van der Waals surface area contributed by atoms with E-state index in [0.717, 1.165) is 0 Å². The Labute approximate surface area is 694 Å². The normalized spacial score (nSPS) is 16.0. The summed E-state index contributed by atoms with van der Waals surface area (Å²) in [5.74, 6) is -15.6. The van der Waals surface area contributed by atoms with Crippen molar-refractivity contribution in [3.05, 3.63) is 120 Å². The lowest BCUT2D eigenvalue weighted by Crippen LogP contribution is -2.63. The fourth-order valence-corrected chi connectivity index (χ4v) is 13.2. The number of aromatic amines is 2. The number of hydrogen-bond acceptors (Lipinski definition) is 22. The molecule has 1 saturated heterocycles. The average Bonchev–Trinajstić information content (AvgIpc) is 1.71. The molecule has 0 saturated carbocycles. The fourth-order valence-electron chi connectivity index (χ4n) is 13.2. The zero-order chi connectivity index (χ0) is 88.3. The first-order chi connectivity index (χ1) is 57.2. The summed E-state index contributed by atoms with van der Waals surface area (Å²) in [6.45, 7) is 6.72. The number of para-hydroxylation sites is 1. The summed E-state index contributed by atoms with van der Waals surface area (Å²) in [4.78, 5) is 209. The third kappa shape index (κ3) is 29.7. The Kier molecular flexibility index (Phi) is 39.2. The van der Waals surface area contributed by atoms with Gasteiger partial charge in [0.15, 0.2) is 5.96 Å². The highest BCUT2D eigenvalue weighted by atomic mass is 16.4. The maximum absolute atomic E-state index is 15.1. The van der Waals surface area contributed by atoms with Crippen LogP contribution in [0.1, 0.15) is 122 Å². The third-order valence-electron chi connectivity index (χ3n) is 20.8. The number of unbranched alkanes of at least 4 members (excludes halogenated alkanes) is 1. The second kappa shape index (κ2) is 48.7. The van der Waals surface area contributed by atoms with Crippen LogP contribution in [0, 0.1) is 23.2 Å². The van der Waals surface area contributed by atoms with Crippen molar-refractivity contribution in [2.75, 3.05) is 46.0 Å². The Balaban J connectivity index is 1.20. The number of aliphatic hydroxyl groups excluding tert-OH is 3. The number of rotatable bonds is 50. The molecule has 1 aliphatic heterocycles. The molecule has 1 fully saturated rings. The number of phenols is 1. The number of hydrogen-bond donors (Lipinski definition) is 24. The first-order valence-corrected chi connectivity index (χ1v) is 40.1. The topological polar surface area (TPSA) is 646 Å². The van der Waals surface area contributed by atoms with E-state index in [1.165, 1.54) is 41.7 Å². The highest BCUT2D eigenvalue weighted by molar-refractivity contribution is 6.00. The van der Waals surface area contributed by atoms with Crippen LogP contribution >= 0.6 is 0 Å². The van der Waals surface area contributed by atoms with Gasteiger partial charge in [-0.3, -0.25) is 67.7 Å². The Morgan fingerprint density at radius 1 is 0.542 bits per heavy atom. The number of nitrogens with one attached hydrogen (secondary N) is 16. The minimum atomic E-state index is -1.86. The lowest BCUT2D eigenvalue weighted by atomic mass is 9.94. The van der Waals surface area contributed by atoms with Crippen LogP contribution in [0.4, 0.5) is 0 Å². The van der Waals surface area contributed by atoms with Gasteiger partial charge in [-0.15, -0.1) is 0 Å². The van der Waals surface area contributed by atoms with Gasteiger partial charge in [-0.25, -0.2) is 9.78 Å². The molecule has 0 aliphatic carbocycles. The molecule has 1 aliphatic rings. The molecule has 2 aromatic heterocycles. The van der Waals surface area contributed by atoms with Crippen molar-refractivity contribution in [2.45, 2.75) is 204 Å². The molecule has 13 amide bonds. The molecular weight excluding hydrogens is 1560 g/mol. The van der Waals surface area contributed by atoms with Crippen LogP contribution in [0.3, 0.4) is 0 Å². The van der Waals surface area contributed by atoms with E-state index >= 15 is 14.4 Å². The van der Waals surface area contributed by atoms with E-state index in [0.29, 0.717) is 53.3 Å². The molecule has 3 heterocycles. The number of carbonyl (C=O) groups excluding carboxylic acids is 13. The second-order valence-corrected chi connectivity index (χ2v) is 30.1. The van der Waals surface area contributed by atoms with Crippen LogP contribution in [-0.4, -0.2) is 259 Å². The maximum Gasteiger partial charge on any atom is 0.326 e. The standard InChI is InChI=1S/C80H117N21O19/c1-7-44(5)65(76(116)98-60(40-103)73(113)97-59(39-102)72(112)95-58(79(119)120)33-47-25-27-50(105)28-26-47)100-77(117)66(45(6)8-2)99-74(114)61(41-104)96-71(111)57(35-49-37-85-42-89-49)94-69(109)55(32-46-18-10-9-11-19-46)93-68(108)54(23-16-30-86-80(83)84)91-70(110)56(34-48-36-87-52-21-13-12-20-51(48)52)90-63(106)38-88-67(107)53(22-14-15-29-81)92-75(115)62-24-17-31-101(62)78(118)64(82)43(3)4/h9-13,18-21,25-28,36-37,42-45,53-62,64-66,87,102-105H,7-8,14-17,22-24,29-35,38-41,81-82H2,1-6H3,(H,85,89)(H,88,107)(H,90,106)(H,91,110)(H,92,115)(H,93,108)(H,94,109)(H,95,112)(H,96,111)(H,97,113)(H,98,116)(H,99,114)(H,100,117)(H,119,120)(H4,83,84,86)/t44-,45-,53-,54-,55-,56-,57-,58-,59-,60-,61-,62-,64-,65-,66-/m0/s1. The van der Waals surface area contributed by atoms with E-state index in [1.807, 2.05) is 0 Å². The highest BCUT2D eigenvalue weighted by Gasteiger charge is 2.41. The number of fused-ring (bicyclic) bond motifs is 1. The van der Waals surface area contributed by atoms with E-state index in [4.69, 9.17) is 22.6 Å². The third-order valence-corrected chi connectivity index (χ3v) is 20.8. The van der Waals surface area contributed by atoms with Gasteiger partial charge in [0.25, 0.3) is 0 Å². The van der Waals surface area contributed by atoms with Crippen molar-refractivity contribution in [1.29, 1.82) is 5.41 Å². The molecule has 120 heavy (non-hydrogen) atoms. The van der Waals surface area contributed by atoms with Gasteiger partial charge in [-0.1, -0.05) is 115 Å². The zero-order valence-electron chi connectivity index (χ0n) is 68.2. The number of nitrogens with two attached hydrogens (primary N) is 3. The molecule has 0 spiro atoms. The average molecular weight is 1680 g/mol. The number of aliphatic hydroxyl groups is 3. The maximum atomic E-state index is 15.1. The van der Waals surface area contributed by atoms with Gasteiger partial charge < -0.3 is 127 Å². The largest absolute Gasteiger partial charge is 0.508 e. The Bertz CT molecular complexity index is 4270. The summed E-state index contributed by atoms with van der Waals surface area (Å²) >= 11 is 0. The predicted octanol–water partition coefficient (Wildman–Crippen LogP) is -4.16. The van der Waals surface area contributed by atoms with Crippen molar-refractivity contribution < 1.29 is 92.7 Å². The van der Waals surface area contributed by atoms with Gasteiger partial charge in [0.2, 0.25) is 76.8 Å². The number of aromatic nitrogens is 3. The van der Waals surface area contributed by atoms with Crippen molar-refractivity contribution in [2.24, 2.45) is 35.0 Å². The van der Waals surface area contributed by atoms with Crippen LogP contribution < -0.4 is 86.3 Å². The van der Waals surface area contributed by atoms with E-state index in [-0.39, 0.29) is 94.8 Å². The van der Waals surface area contributed by atoms with E-state index < -0.39 is 205 Å². The zero-order valence-corrected chi connectivity index (χ0v) is 68.2. The molecule has 0 unspecified atom stereocenters. The molecule has 5 aromatic rings. The van der Waals surface area contributed by atoms with Crippen LogP contribution in [0.25, 0.3) is 10.9 Å². The number of guanidine groups is 1. The number of aliphatic carboxylic acids is 1. The number of carboxylic acids is 1. The number of likely N-dealkylation sites (tertiary alicyclic amines) is 1. The summed E-state index contributed by atoms with van der Waals surface area (Å²) < 4.78 is 0. The van der Waals surface area contributed by atoms with Crippen molar-refractivity contribution in [3.63, 3.8) is 0 Å². The predicted molar refractivity (Wildman–Crippen MR) is 438 cm³/mol. The van der Waals surface area contributed by atoms with Gasteiger partial charge in [0, 0.05) is 67.8 Å². The summed E-state index contributed by atoms with van der Waals surface area (Å²) in [5, 5.41) is 92.4. The number of imidazole rings is 1. The number of H-pyrrole nitrogens is 2. The van der Waals surface area contributed by atoms with Crippen molar-refractivity contribution >= 4 is 99.6 Å². The van der Waals surface area contributed by atoms with Crippen LogP contribution in [0.2, 0.25) is 0 Å². The number of nitrogens with zero attached hydrogens (tertiary/aromatic N) is 2. The quantitative estimate of drug-likeness (QED) is 0.00998. The SMILES string of the molecule is CC[C@H](C)[C@H](NC(=O)[C@H](CO)NC(=O)[C@H](Cc1cnc[nH]1)NC(=O)[C@H](Cc1ccccc1)NC(=O)[C@H](CCCNC(=N)N)NC(=O)[C@H](Cc1c[nH]c2ccccc12)NC(=O)CNC(=O)[C@H](CCCCN)NC(=O)[C@@H]1CCCN1C(=O)[C@@H](N)C(C)C)C(=O)N[C@H](C(=O)N[C@@H](CO)C(=O)N[C@@H](CO)C(=O)N[C@@H](Cc1ccc(O)cc1)C(=O)O)[C@@H](C)CC. The Morgan fingerprint density at radius 2 is 1.02 bits per heavy atom. The number of carbonyl (C=O) groups is 14. The summed E-state index contributed by atoms with van der Waals surface area (Å²) in [5.41, 5.74) is 20.0. The first kappa shape index (κ1) is 96.7. The number of carboxylic acid groups (broad SMARTS) is 1. The van der Waals surface area contributed by atoms with Gasteiger partial charge in [-0.2, -0.15) is 0 Å².